The fraction of sp³-hybridized carbons (Fsp3) is 0.679. The van der Waals surface area contributed by atoms with Gasteiger partial charge in [0.2, 0.25) is 11.8 Å². The quantitative estimate of drug-likeness (QED) is 0.505. The second kappa shape index (κ2) is 13.3. The van der Waals surface area contributed by atoms with E-state index in [1.807, 2.05) is 29.2 Å². The lowest BCUT2D eigenvalue weighted by molar-refractivity contribution is -0.137. The first-order valence-corrected chi connectivity index (χ1v) is 14.7. The first-order chi connectivity index (χ1) is 17.1. The zero-order chi connectivity index (χ0) is 24.5. The van der Waals surface area contributed by atoms with Crippen molar-refractivity contribution in [2.45, 2.75) is 88.0 Å². The molecule has 0 aromatic heterocycles. The van der Waals surface area contributed by atoms with Crippen molar-refractivity contribution in [3.8, 4) is 0 Å². The summed E-state index contributed by atoms with van der Waals surface area (Å²) in [6.45, 7) is 2.21. The Balaban J connectivity index is 1.22. The molecule has 192 valence electrons. The smallest absolute Gasteiger partial charge is 0.252 e. The molecule has 3 amide bonds. The van der Waals surface area contributed by atoms with Gasteiger partial charge in [-0.25, -0.2) is 0 Å². The average molecular weight is 500 g/mol. The lowest BCUT2D eigenvalue weighted by Crippen LogP contribution is -2.48. The van der Waals surface area contributed by atoms with Gasteiger partial charge < -0.3 is 15.5 Å². The molecule has 0 bridgehead atoms. The van der Waals surface area contributed by atoms with Crippen LogP contribution in [0.3, 0.4) is 0 Å². The first kappa shape index (κ1) is 26.1. The van der Waals surface area contributed by atoms with Gasteiger partial charge in [-0.1, -0.05) is 50.7 Å². The van der Waals surface area contributed by atoms with Crippen LogP contribution in [-0.4, -0.2) is 54.1 Å². The maximum absolute atomic E-state index is 13.1. The fourth-order valence-corrected chi connectivity index (χ4v) is 6.62. The number of piperidine rings is 1. The highest BCUT2D eigenvalue weighted by atomic mass is 32.2. The van der Waals surface area contributed by atoms with Crippen LogP contribution in [0.5, 0.6) is 0 Å². The minimum absolute atomic E-state index is 0.0331. The Kier molecular flexibility index (Phi) is 9.93. The third-order valence-electron chi connectivity index (χ3n) is 7.90. The normalized spacial score (nSPS) is 20.4. The highest BCUT2D eigenvalue weighted by Crippen LogP contribution is 2.27. The summed E-state index contributed by atoms with van der Waals surface area (Å²) in [5.74, 6) is 1.40. The zero-order valence-electron chi connectivity index (χ0n) is 20.9. The van der Waals surface area contributed by atoms with Gasteiger partial charge in [0.25, 0.3) is 5.91 Å². The van der Waals surface area contributed by atoms with Crippen LogP contribution in [0.1, 0.15) is 87.4 Å². The molecule has 2 aliphatic carbocycles. The summed E-state index contributed by atoms with van der Waals surface area (Å²) in [7, 11) is 0. The molecule has 0 unspecified atom stereocenters. The van der Waals surface area contributed by atoms with E-state index in [0.29, 0.717) is 23.1 Å². The molecule has 1 aromatic carbocycles. The molecule has 0 spiro atoms. The predicted molar refractivity (Wildman–Crippen MR) is 140 cm³/mol. The first-order valence-electron chi connectivity index (χ1n) is 13.7. The van der Waals surface area contributed by atoms with Crippen molar-refractivity contribution in [1.82, 2.24) is 15.5 Å². The van der Waals surface area contributed by atoms with Gasteiger partial charge in [0.1, 0.15) is 0 Å². The molecular weight excluding hydrogens is 458 g/mol. The highest BCUT2D eigenvalue weighted by Gasteiger charge is 2.30. The van der Waals surface area contributed by atoms with E-state index in [0.717, 1.165) is 50.2 Å². The summed E-state index contributed by atoms with van der Waals surface area (Å²) in [6.07, 6.45) is 13.5. The highest BCUT2D eigenvalue weighted by molar-refractivity contribution is 8.00. The van der Waals surface area contributed by atoms with E-state index in [1.165, 1.54) is 63.1 Å². The number of nitrogens with zero attached hydrogens (tertiary/aromatic N) is 1. The van der Waals surface area contributed by atoms with E-state index in [4.69, 9.17) is 0 Å². The van der Waals surface area contributed by atoms with E-state index >= 15 is 0 Å². The zero-order valence-corrected chi connectivity index (χ0v) is 21.8. The van der Waals surface area contributed by atoms with E-state index < -0.39 is 0 Å². The molecular formula is C28H41N3O3S. The molecule has 4 rings (SSSR count). The van der Waals surface area contributed by atoms with E-state index in [2.05, 4.69) is 10.6 Å². The third-order valence-corrected chi connectivity index (χ3v) is 8.97. The molecule has 3 aliphatic rings. The summed E-state index contributed by atoms with van der Waals surface area (Å²) in [5.41, 5.74) is 0.623. The van der Waals surface area contributed by atoms with Gasteiger partial charge in [0.05, 0.1) is 11.3 Å². The molecule has 3 fully saturated rings. The maximum atomic E-state index is 13.1. The minimum atomic E-state index is -0.0900. The lowest BCUT2D eigenvalue weighted by atomic mass is 9.87. The van der Waals surface area contributed by atoms with Gasteiger partial charge in [0, 0.05) is 36.5 Å². The number of carbonyl (C=O) groups is 3. The number of nitrogens with one attached hydrogen (secondary N) is 2. The van der Waals surface area contributed by atoms with Crippen LogP contribution < -0.4 is 10.6 Å². The molecule has 35 heavy (non-hydrogen) atoms. The number of carbonyl (C=O) groups excluding carboxylic acids is 3. The Bertz CT molecular complexity index is 857. The topological polar surface area (TPSA) is 78.5 Å². The Hall–Kier alpha value is -2.02. The summed E-state index contributed by atoms with van der Waals surface area (Å²) < 4.78 is 0. The van der Waals surface area contributed by atoms with Gasteiger partial charge in [0.15, 0.2) is 0 Å². The van der Waals surface area contributed by atoms with E-state index in [9.17, 15) is 14.4 Å². The third kappa shape index (κ3) is 7.73. The number of rotatable bonds is 8. The van der Waals surface area contributed by atoms with Crippen molar-refractivity contribution in [2.75, 3.05) is 25.4 Å². The molecule has 1 aliphatic heterocycles. The van der Waals surface area contributed by atoms with Crippen molar-refractivity contribution in [1.29, 1.82) is 0 Å². The van der Waals surface area contributed by atoms with Crippen LogP contribution >= 0.6 is 11.8 Å². The van der Waals surface area contributed by atoms with Crippen LogP contribution in [0.15, 0.2) is 29.2 Å². The van der Waals surface area contributed by atoms with Crippen molar-refractivity contribution >= 4 is 29.5 Å². The van der Waals surface area contributed by atoms with Crippen LogP contribution in [0.2, 0.25) is 0 Å². The van der Waals surface area contributed by atoms with Gasteiger partial charge in [-0.15, -0.1) is 11.8 Å². The Labute approximate surface area is 214 Å². The number of thioether (sulfide) groups is 1. The number of hydrogen-bond donors (Lipinski definition) is 2. The average Bonchev–Trinajstić information content (AvgIpc) is 2.92. The van der Waals surface area contributed by atoms with E-state index in [1.54, 1.807) is 0 Å². The summed E-state index contributed by atoms with van der Waals surface area (Å²) in [6, 6.07) is 7.61. The van der Waals surface area contributed by atoms with Gasteiger partial charge in [-0.05, 0) is 56.6 Å². The van der Waals surface area contributed by atoms with Crippen LogP contribution in [0, 0.1) is 11.8 Å². The molecule has 2 N–H and O–H groups in total. The number of benzene rings is 1. The van der Waals surface area contributed by atoms with Crippen molar-refractivity contribution in [3.05, 3.63) is 29.8 Å². The van der Waals surface area contributed by atoms with Crippen LogP contribution in [-0.2, 0) is 9.59 Å². The molecule has 1 saturated heterocycles. The summed E-state index contributed by atoms with van der Waals surface area (Å²) >= 11 is 1.43. The van der Waals surface area contributed by atoms with Crippen molar-refractivity contribution in [3.63, 3.8) is 0 Å². The second-order valence-electron chi connectivity index (χ2n) is 10.5. The Morgan fingerprint density at radius 2 is 1.51 bits per heavy atom. The second-order valence-corrected chi connectivity index (χ2v) is 11.5. The van der Waals surface area contributed by atoms with Crippen LogP contribution in [0.4, 0.5) is 0 Å². The molecule has 2 saturated carbocycles. The molecule has 0 atom stereocenters. The molecule has 1 aromatic rings. The fourth-order valence-electron chi connectivity index (χ4n) is 5.74. The summed E-state index contributed by atoms with van der Waals surface area (Å²) in [5, 5.41) is 6.26. The SMILES string of the molecule is O=C(CSc1ccccc1C(=O)NC1CCN(C(=O)C2CCCCC2)CC1)NCC1CCCCC1. The van der Waals surface area contributed by atoms with Gasteiger partial charge in [-0.3, -0.25) is 14.4 Å². The Morgan fingerprint density at radius 3 is 2.23 bits per heavy atom. The molecule has 6 nitrogen and oxygen atoms in total. The predicted octanol–water partition coefficient (Wildman–Crippen LogP) is 4.78. The Morgan fingerprint density at radius 1 is 0.857 bits per heavy atom. The minimum Gasteiger partial charge on any atom is -0.355 e. The monoisotopic (exact) mass is 499 g/mol. The van der Waals surface area contributed by atoms with E-state index in [-0.39, 0.29) is 23.8 Å². The lowest BCUT2D eigenvalue weighted by Gasteiger charge is -2.35. The standard InChI is InChI=1S/C28H41N3O3S/c32-26(29-19-21-9-3-1-4-10-21)20-35-25-14-8-7-13-24(25)27(33)30-23-15-17-31(18-16-23)28(34)22-11-5-2-6-12-22/h7-8,13-14,21-23H,1-6,9-12,15-20H2,(H,29,32)(H,30,33). The van der Waals surface area contributed by atoms with Gasteiger partial charge >= 0.3 is 0 Å². The maximum Gasteiger partial charge on any atom is 0.252 e. The van der Waals surface area contributed by atoms with Crippen molar-refractivity contribution < 1.29 is 14.4 Å². The van der Waals surface area contributed by atoms with Crippen LogP contribution in [0.25, 0.3) is 0 Å². The summed E-state index contributed by atoms with van der Waals surface area (Å²) in [4.78, 5) is 41.1. The van der Waals surface area contributed by atoms with Crippen molar-refractivity contribution in [2.24, 2.45) is 11.8 Å². The molecule has 7 heteroatoms. The largest absolute Gasteiger partial charge is 0.355 e. The number of hydrogen-bond acceptors (Lipinski definition) is 4. The van der Waals surface area contributed by atoms with Gasteiger partial charge in [-0.2, -0.15) is 0 Å². The molecule has 1 heterocycles. The molecule has 0 radical (unpaired) electrons. The number of likely N-dealkylation sites (tertiary alicyclic amines) is 1. The number of amides is 3.